The molecule has 0 aliphatic heterocycles. The van der Waals surface area contributed by atoms with Gasteiger partial charge in [0.05, 0.1) is 6.42 Å². The lowest BCUT2D eigenvalue weighted by atomic mass is 9.46. The zero-order chi connectivity index (χ0) is 35.3. The Hall–Kier alpha value is -3.08. The van der Waals surface area contributed by atoms with Crippen LogP contribution < -0.4 is 10.6 Å². The molecule has 3 fully saturated rings. The van der Waals surface area contributed by atoms with Crippen LogP contribution in [0.4, 0.5) is 0 Å². The largest absolute Gasteiger partial charge is 0.480 e. The number of amides is 2. The lowest BCUT2D eigenvalue weighted by Crippen LogP contribution is -2.58. The van der Waals surface area contributed by atoms with Gasteiger partial charge in [0.15, 0.2) is 12.4 Å². The van der Waals surface area contributed by atoms with Crippen LogP contribution in [0.1, 0.15) is 124 Å². The van der Waals surface area contributed by atoms with Crippen LogP contribution in [-0.4, -0.2) is 70.3 Å². The standard InChI is InChI=1S/C37H56N2O9/c1-5-23(2)33(34(45)46)39-31(43)9-7-6-8-20-38-30(42)12-13-32(44)48-22-29(41)37(47)19-16-28-26-11-10-24-21-25(40)14-17-35(24,3)27(26)15-18-36(28,37)4/h21,23,26-28,33,47H,5-20,22H2,1-4H3,(H,38,42)(H,39,43)(H,45,46)/t23-,26+,27-,28+,33-,35-,36-,37-/m0/s1. The van der Waals surface area contributed by atoms with Crippen LogP contribution in [0.2, 0.25) is 0 Å². The number of hydrogen-bond donors (Lipinski definition) is 4. The maximum Gasteiger partial charge on any atom is 0.326 e. The highest BCUT2D eigenvalue weighted by Gasteiger charge is 2.66. The number of aliphatic hydroxyl groups is 1. The quantitative estimate of drug-likeness (QED) is 0.136. The third-order valence-electron chi connectivity index (χ3n) is 12.7. The molecule has 0 aromatic rings. The van der Waals surface area contributed by atoms with E-state index in [1.54, 1.807) is 6.92 Å². The Balaban J connectivity index is 1.14. The van der Waals surface area contributed by atoms with Gasteiger partial charge in [-0.2, -0.15) is 0 Å². The number of carboxylic acid groups (broad SMARTS) is 1. The van der Waals surface area contributed by atoms with Crippen LogP contribution in [0.5, 0.6) is 0 Å². The molecule has 2 amide bonds. The molecule has 0 aromatic heterocycles. The molecule has 0 bridgehead atoms. The molecular formula is C37H56N2O9. The topological polar surface area (TPSA) is 176 Å². The zero-order valence-corrected chi connectivity index (χ0v) is 29.2. The normalized spacial score (nSPS) is 32.1. The fraction of sp³-hybridized carbons (Fsp3) is 0.784. The number of unbranched alkanes of at least 4 members (excludes halogenated alkanes) is 2. The Morgan fingerprint density at radius 2 is 1.67 bits per heavy atom. The van der Waals surface area contributed by atoms with Gasteiger partial charge in [-0.1, -0.05) is 46.1 Å². The van der Waals surface area contributed by atoms with Gasteiger partial charge >= 0.3 is 11.9 Å². The van der Waals surface area contributed by atoms with Crippen molar-refractivity contribution in [2.24, 2.45) is 34.5 Å². The summed E-state index contributed by atoms with van der Waals surface area (Å²) in [6.07, 6.45) is 10.3. The smallest absolute Gasteiger partial charge is 0.326 e. The van der Waals surface area contributed by atoms with Crippen LogP contribution in [0.15, 0.2) is 11.6 Å². The second-order valence-electron chi connectivity index (χ2n) is 15.3. The Kier molecular flexibility index (Phi) is 12.3. The van der Waals surface area contributed by atoms with E-state index >= 15 is 0 Å². The molecule has 0 radical (unpaired) electrons. The van der Waals surface area contributed by atoms with Crippen molar-refractivity contribution in [3.63, 3.8) is 0 Å². The van der Waals surface area contributed by atoms with E-state index in [-0.39, 0.29) is 54.1 Å². The highest BCUT2D eigenvalue weighted by atomic mass is 16.5. The number of fused-ring (bicyclic) bond motifs is 5. The minimum atomic E-state index is -1.56. The average Bonchev–Trinajstić information content (AvgIpc) is 3.33. The van der Waals surface area contributed by atoms with E-state index < -0.39 is 41.4 Å². The minimum absolute atomic E-state index is 0.00454. The van der Waals surface area contributed by atoms with Crippen molar-refractivity contribution in [3.05, 3.63) is 11.6 Å². The number of esters is 1. The Bertz CT molecular complexity index is 1300. The predicted octanol–water partition coefficient (Wildman–Crippen LogP) is 4.43. The number of ether oxygens (including phenoxy) is 1. The number of carbonyl (C=O) groups excluding carboxylic acids is 5. The van der Waals surface area contributed by atoms with E-state index in [9.17, 15) is 39.0 Å². The second kappa shape index (κ2) is 15.6. The summed E-state index contributed by atoms with van der Waals surface area (Å²) in [6, 6.07) is -0.904. The van der Waals surface area contributed by atoms with E-state index in [1.165, 1.54) is 5.57 Å². The predicted molar refractivity (Wildman–Crippen MR) is 177 cm³/mol. The third-order valence-corrected chi connectivity index (χ3v) is 12.7. The first-order valence-electron chi connectivity index (χ1n) is 18.1. The number of allylic oxidation sites excluding steroid dienone is 1. The minimum Gasteiger partial charge on any atom is -0.480 e. The van der Waals surface area contributed by atoms with E-state index in [0.29, 0.717) is 63.3 Å². The van der Waals surface area contributed by atoms with E-state index in [1.807, 2.05) is 19.9 Å². The summed E-state index contributed by atoms with van der Waals surface area (Å²) in [6.45, 7) is 7.85. The van der Waals surface area contributed by atoms with Crippen molar-refractivity contribution in [1.82, 2.24) is 10.6 Å². The van der Waals surface area contributed by atoms with E-state index in [2.05, 4.69) is 17.6 Å². The van der Waals surface area contributed by atoms with Crippen LogP contribution in [0, 0.1) is 34.5 Å². The Labute approximate surface area is 284 Å². The first-order chi connectivity index (χ1) is 22.7. The zero-order valence-electron chi connectivity index (χ0n) is 29.2. The van der Waals surface area contributed by atoms with Crippen LogP contribution in [0.3, 0.4) is 0 Å². The molecule has 3 saturated carbocycles. The van der Waals surface area contributed by atoms with Crippen molar-refractivity contribution < 1.29 is 43.7 Å². The number of aliphatic carboxylic acids is 1. The molecule has 11 nitrogen and oxygen atoms in total. The number of hydrogen-bond acceptors (Lipinski definition) is 8. The van der Waals surface area contributed by atoms with Crippen molar-refractivity contribution in [1.29, 1.82) is 0 Å². The molecule has 268 valence electrons. The first kappa shape index (κ1) is 37.7. The lowest BCUT2D eigenvalue weighted by molar-refractivity contribution is -0.170. The molecule has 0 unspecified atom stereocenters. The molecule has 48 heavy (non-hydrogen) atoms. The highest BCUT2D eigenvalue weighted by molar-refractivity contribution is 5.92. The SMILES string of the molecule is CC[C@H](C)[C@H](NC(=O)CCCCCNC(=O)CCC(=O)OCC(=O)[C@@]1(O)CC[C@@H]2[C@@H]3CCC4=CC(=O)CC[C@]4(C)[C@H]3CC[C@@]21C)C(=O)O. The van der Waals surface area contributed by atoms with Gasteiger partial charge in [0.2, 0.25) is 17.6 Å². The van der Waals surface area contributed by atoms with Gasteiger partial charge in [0, 0.05) is 31.2 Å². The van der Waals surface area contributed by atoms with E-state index in [4.69, 9.17) is 4.74 Å². The highest BCUT2D eigenvalue weighted by Crippen LogP contribution is 2.67. The van der Waals surface area contributed by atoms with Crippen molar-refractivity contribution in [2.45, 2.75) is 136 Å². The summed E-state index contributed by atoms with van der Waals surface area (Å²) in [7, 11) is 0. The molecule has 4 aliphatic rings. The number of carboxylic acids is 1. The molecule has 4 N–H and O–H groups in total. The fourth-order valence-corrected chi connectivity index (χ4v) is 9.42. The maximum absolute atomic E-state index is 13.4. The van der Waals surface area contributed by atoms with Crippen LogP contribution in [0.25, 0.3) is 0 Å². The number of Topliss-reactive ketones (excluding diaryl/α,β-unsaturated/α-hetero) is 1. The third kappa shape index (κ3) is 7.87. The maximum atomic E-state index is 13.4. The number of nitrogens with one attached hydrogen (secondary N) is 2. The fourth-order valence-electron chi connectivity index (χ4n) is 9.42. The molecule has 4 rings (SSSR count). The molecule has 4 aliphatic carbocycles. The Morgan fingerprint density at radius 1 is 0.938 bits per heavy atom. The van der Waals surface area contributed by atoms with Gasteiger partial charge in [0.1, 0.15) is 11.6 Å². The number of carbonyl (C=O) groups is 6. The van der Waals surface area contributed by atoms with Gasteiger partial charge in [-0.25, -0.2) is 4.79 Å². The first-order valence-corrected chi connectivity index (χ1v) is 18.1. The average molecular weight is 673 g/mol. The van der Waals surface area contributed by atoms with Crippen LogP contribution >= 0.6 is 0 Å². The summed E-state index contributed by atoms with van der Waals surface area (Å²) < 4.78 is 5.26. The molecule has 8 atom stereocenters. The number of ketones is 2. The second-order valence-corrected chi connectivity index (χ2v) is 15.3. The lowest BCUT2D eigenvalue weighted by Gasteiger charge is -2.58. The van der Waals surface area contributed by atoms with Gasteiger partial charge in [-0.15, -0.1) is 0 Å². The summed E-state index contributed by atoms with van der Waals surface area (Å²) in [5.41, 5.74) is -0.879. The molecular weight excluding hydrogens is 616 g/mol. The van der Waals surface area contributed by atoms with Gasteiger partial charge in [-0.05, 0) is 93.0 Å². The van der Waals surface area contributed by atoms with Crippen LogP contribution in [-0.2, 0) is 33.5 Å². The van der Waals surface area contributed by atoms with Gasteiger partial charge < -0.3 is 25.6 Å². The molecule has 11 heteroatoms. The summed E-state index contributed by atoms with van der Waals surface area (Å²) in [5, 5.41) is 26.5. The van der Waals surface area contributed by atoms with Crippen molar-refractivity contribution in [3.8, 4) is 0 Å². The molecule has 0 heterocycles. The summed E-state index contributed by atoms with van der Waals surface area (Å²) in [4.78, 5) is 73.7. The monoisotopic (exact) mass is 672 g/mol. The number of rotatable bonds is 16. The summed E-state index contributed by atoms with van der Waals surface area (Å²) in [5.74, 6) is -1.75. The van der Waals surface area contributed by atoms with Crippen molar-refractivity contribution in [2.75, 3.05) is 13.2 Å². The summed E-state index contributed by atoms with van der Waals surface area (Å²) >= 11 is 0. The van der Waals surface area contributed by atoms with Crippen molar-refractivity contribution >= 4 is 35.3 Å². The molecule has 0 saturated heterocycles. The Morgan fingerprint density at radius 3 is 2.38 bits per heavy atom. The van der Waals surface area contributed by atoms with Gasteiger partial charge in [-0.3, -0.25) is 24.0 Å². The van der Waals surface area contributed by atoms with Gasteiger partial charge in [0.25, 0.3) is 0 Å². The molecule has 0 aromatic carbocycles. The molecule has 0 spiro atoms. The van der Waals surface area contributed by atoms with E-state index in [0.717, 1.165) is 32.1 Å².